The molecule has 0 saturated carbocycles. The fourth-order valence-corrected chi connectivity index (χ4v) is 8.30. The Morgan fingerprint density at radius 2 is 1.84 bits per heavy atom. The van der Waals surface area contributed by atoms with Gasteiger partial charge in [-0.25, -0.2) is 28.9 Å². The number of carbonyl (C=O) groups excluding carboxylic acids is 1. The summed E-state index contributed by atoms with van der Waals surface area (Å²) in [6, 6.07) is 12.9. The number of halogens is 2. The predicted octanol–water partition coefficient (Wildman–Crippen LogP) is 5.62. The van der Waals surface area contributed by atoms with Crippen LogP contribution in [-0.4, -0.2) is 86.6 Å². The monoisotopic (exact) mass is 776 g/mol. The number of carboxylic acid groups (broad SMARTS) is 1. The van der Waals surface area contributed by atoms with Crippen molar-refractivity contribution in [2.45, 2.75) is 59.2 Å². The minimum atomic E-state index is -1.37. The largest absolute Gasteiger partial charge is 0.476 e. The Bertz CT molecular complexity index is 2650. The van der Waals surface area contributed by atoms with E-state index in [1.165, 1.54) is 27.5 Å². The van der Waals surface area contributed by atoms with Crippen LogP contribution in [0.3, 0.4) is 0 Å². The zero-order chi connectivity index (χ0) is 39.5. The lowest BCUT2D eigenvalue weighted by atomic mass is 9.94. The number of aromatic nitrogens is 7. The summed E-state index contributed by atoms with van der Waals surface area (Å²) in [5, 5.41) is 20.0. The number of carbonyl (C=O) groups is 2. The Labute approximate surface area is 325 Å². The topological polar surface area (TPSA) is 168 Å². The molecule has 0 radical (unpaired) electrons. The van der Waals surface area contributed by atoms with Gasteiger partial charge in [-0.2, -0.15) is 10.2 Å². The molecule has 1 N–H and O–H groups in total. The van der Waals surface area contributed by atoms with Crippen LogP contribution in [0.1, 0.15) is 83.0 Å². The number of hydrogen-bond donors (Lipinski definition) is 1. The molecule has 8 rings (SSSR count). The number of nitrogens with zero attached hydrogens (tertiary/aromatic N) is 10. The summed E-state index contributed by atoms with van der Waals surface area (Å²) >= 11 is 6.23. The molecule has 1 amide bonds. The molecule has 1 fully saturated rings. The highest BCUT2D eigenvalue weighted by molar-refractivity contribution is 6.28. The zero-order valence-electron chi connectivity index (χ0n) is 31.0. The fraction of sp³-hybridized carbons (Fsp3) is 0.350. The number of benzene rings is 1. The van der Waals surface area contributed by atoms with Crippen molar-refractivity contribution in [1.29, 1.82) is 5.26 Å². The number of fused-ring (bicyclic) bond motifs is 4. The third-order valence-corrected chi connectivity index (χ3v) is 10.7. The van der Waals surface area contributed by atoms with Crippen LogP contribution >= 0.6 is 11.6 Å². The van der Waals surface area contributed by atoms with Crippen molar-refractivity contribution in [2.24, 2.45) is 5.41 Å². The van der Waals surface area contributed by atoms with Gasteiger partial charge in [0.1, 0.15) is 22.7 Å². The second-order valence-electron chi connectivity index (χ2n) is 15.6. The van der Waals surface area contributed by atoms with Gasteiger partial charge in [-0.3, -0.25) is 13.9 Å². The first-order chi connectivity index (χ1) is 26.8. The summed E-state index contributed by atoms with van der Waals surface area (Å²) in [4.78, 5) is 62.2. The van der Waals surface area contributed by atoms with Crippen LogP contribution in [0.25, 0.3) is 27.9 Å². The van der Waals surface area contributed by atoms with Crippen molar-refractivity contribution in [2.75, 3.05) is 26.2 Å². The molecule has 1 aromatic carbocycles. The van der Waals surface area contributed by atoms with Crippen molar-refractivity contribution in [3.05, 3.63) is 110 Å². The highest BCUT2D eigenvalue weighted by Crippen LogP contribution is 2.33. The van der Waals surface area contributed by atoms with Crippen molar-refractivity contribution in [3.63, 3.8) is 0 Å². The zero-order valence-corrected chi connectivity index (χ0v) is 31.8. The number of aromatic carboxylic acids is 1. The Hall–Kier alpha value is -5.98. The Balaban J connectivity index is 1.11. The van der Waals surface area contributed by atoms with Crippen molar-refractivity contribution in [1.82, 2.24) is 43.4 Å². The number of imidazole rings is 1. The Morgan fingerprint density at radius 1 is 1.05 bits per heavy atom. The second kappa shape index (κ2) is 14.3. The molecule has 0 atom stereocenters. The highest BCUT2D eigenvalue weighted by Gasteiger charge is 2.32. The van der Waals surface area contributed by atoms with Gasteiger partial charge in [-0.1, -0.05) is 26.8 Å². The van der Waals surface area contributed by atoms with E-state index in [-0.39, 0.29) is 63.8 Å². The quantitative estimate of drug-likeness (QED) is 0.201. The molecule has 16 heteroatoms. The van der Waals surface area contributed by atoms with E-state index in [4.69, 9.17) is 11.6 Å². The maximum absolute atomic E-state index is 15.1. The lowest BCUT2D eigenvalue weighted by Gasteiger charge is -2.36. The van der Waals surface area contributed by atoms with Crippen LogP contribution < -0.4 is 5.69 Å². The first-order valence-corrected chi connectivity index (χ1v) is 18.7. The molecule has 0 aliphatic carbocycles. The van der Waals surface area contributed by atoms with E-state index in [1.54, 1.807) is 29.3 Å². The van der Waals surface area contributed by atoms with E-state index in [0.29, 0.717) is 37.0 Å². The van der Waals surface area contributed by atoms with E-state index in [0.717, 1.165) is 36.3 Å². The number of amides is 1. The van der Waals surface area contributed by atoms with E-state index in [2.05, 4.69) is 45.6 Å². The minimum Gasteiger partial charge on any atom is -0.476 e. The molecule has 5 aromatic heterocycles. The predicted molar refractivity (Wildman–Crippen MR) is 205 cm³/mol. The van der Waals surface area contributed by atoms with E-state index in [1.807, 2.05) is 22.8 Å². The average Bonchev–Trinajstić information content (AvgIpc) is 3.64. The maximum Gasteiger partial charge on any atom is 0.356 e. The molecule has 2 aliphatic heterocycles. The van der Waals surface area contributed by atoms with Crippen LogP contribution in [0.4, 0.5) is 4.39 Å². The first kappa shape index (κ1) is 37.0. The molecule has 286 valence electrons. The SMILES string of the molecule is CC(C)(C)CN1CCC(n2c(=O)n(-c3ccc(C(=O)N4CCc5c(n(Cc6ccc(C#N)cc6F)c6ncccc56)C4)nc3)c3c(C(=O)O)nc(Cl)nc32)CC1. The van der Waals surface area contributed by atoms with E-state index < -0.39 is 23.2 Å². The molecular weight excluding hydrogens is 739 g/mol. The number of pyridine rings is 2. The number of hydrogen-bond acceptors (Lipinski definition) is 9. The van der Waals surface area contributed by atoms with Crippen LogP contribution in [0.15, 0.2) is 59.7 Å². The van der Waals surface area contributed by atoms with Crippen molar-refractivity contribution < 1.29 is 19.1 Å². The summed E-state index contributed by atoms with van der Waals surface area (Å²) in [5.41, 5.74) is 2.80. The molecule has 2 aliphatic rings. The fourth-order valence-electron chi connectivity index (χ4n) is 8.13. The van der Waals surface area contributed by atoms with Gasteiger partial charge in [0, 0.05) is 55.1 Å². The van der Waals surface area contributed by atoms with Gasteiger partial charge < -0.3 is 19.5 Å². The second-order valence-corrected chi connectivity index (χ2v) is 15.9. The van der Waals surface area contributed by atoms with Crippen LogP contribution in [-0.2, 0) is 19.5 Å². The summed E-state index contributed by atoms with van der Waals surface area (Å²) < 4.78 is 19.7. The molecule has 7 heterocycles. The van der Waals surface area contributed by atoms with Crippen LogP contribution in [0.5, 0.6) is 0 Å². The number of carboxylic acids is 1. The Morgan fingerprint density at radius 3 is 2.52 bits per heavy atom. The molecule has 0 spiro atoms. The van der Waals surface area contributed by atoms with Crippen LogP contribution in [0.2, 0.25) is 5.28 Å². The standard InChI is InChI=1S/C40H38ClFN10O4/c1-40(2,3)22-48-14-10-25(11-15-48)52-35-33(32(37(54)55)46-38(41)47-35)51(39(52)56)26-8-9-30(45-19-26)36(53)49-16-12-27-28-5-4-13-44-34(28)50(31(27)21-49)20-24-7-6-23(18-43)17-29(24)42/h4-9,13,17,19,25H,10-12,14-16,20-22H2,1-3H3,(H,54,55). The number of rotatable bonds is 7. The van der Waals surface area contributed by atoms with Gasteiger partial charge in [0.15, 0.2) is 11.3 Å². The number of likely N-dealkylation sites (tertiary alicyclic amines) is 1. The van der Waals surface area contributed by atoms with Gasteiger partial charge in [-0.15, -0.1) is 0 Å². The minimum absolute atomic E-state index is 0.00593. The number of nitriles is 1. The Kier molecular flexibility index (Phi) is 9.42. The molecule has 0 bridgehead atoms. The van der Waals surface area contributed by atoms with Gasteiger partial charge in [0.05, 0.1) is 36.6 Å². The average molecular weight is 777 g/mol. The summed E-state index contributed by atoms with van der Waals surface area (Å²) in [7, 11) is 0. The summed E-state index contributed by atoms with van der Waals surface area (Å²) in [6.45, 7) is 9.73. The maximum atomic E-state index is 15.1. The molecule has 1 saturated heterocycles. The lowest BCUT2D eigenvalue weighted by Crippen LogP contribution is -2.41. The summed E-state index contributed by atoms with van der Waals surface area (Å²) in [5.74, 6) is -2.23. The van der Waals surface area contributed by atoms with Gasteiger partial charge in [0.25, 0.3) is 5.91 Å². The van der Waals surface area contributed by atoms with Gasteiger partial charge >= 0.3 is 11.7 Å². The third-order valence-electron chi connectivity index (χ3n) is 10.5. The van der Waals surface area contributed by atoms with Crippen LogP contribution in [0, 0.1) is 22.6 Å². The van der Waals surface area contributed by atoms with Crippen molar-refractivity contribution >= 4 is 45.7 Å². The normalized spacial score (nSPS) is 15.3. The van der Waals surface area contributed by atoms with Gasteiger partial charge in [-0.05, 0) is 78.2 Å². The summed E-state index contributed by atoms with van der Waals surface area (Å²) in [6.07, 6.45) is 4.89. The van der Waals surface area contributed by atoms with E-state index >= 15 is 4.39 Å². The first-order valence-electron chi connectivity index (χ1n) is 18.4. The van der Waals surface area contributed by atoms with Gasteiger partial charge in [0.2, 0.25) is 5.28 Å². The number of piperidine rings is 1. The smallest absolute Gasteiger partial charge is 0.356 e. The molecule has 0 unspecified atom stereocenters. The highest BCUT2D eigenvalue weighted by atomic mass is 35.5. The molecule has 6 aromatic rings. The molecule has 56 heavy (non-hydrogen) atoms. The lowest BCUT2D eigenvalue weighted by molar-refractivity contribution is 0.0690. The van der Waals surface area contributed by atoms with Crippen molar-refractivity contribution in [3.8, 4) is 11.8 Å². The molecule has 14 nitrogen and oxygen atoms in total. The third kappa shape index (κ3) is 6.69. The van der Waals surface area contributed by atoms with E-state index in [9.17, 15) is 24.8 Å². The molecular formula is C40H38ClFN10O4.